The van der Waals surface area contributed by atoms with Crippen LogP contribution in [0.5, 0.6) is 0 Å². The number of carbonyl (C=O) groups is 1. The van der Waals surface area contributed by atoms with Crippen molar-refractivity contribution in [3.8, 4) is 0 Å². The third-order valence-electron chi connectivity index (χ3n) is 3.77. The van der Waals surface area contributed by atoms with Crippen LogP contribution in [-0.4, -0.2) is 45.5 Å². The summed E-state index contributed by atoms with van der Waals surface area (Å²) in [7, 11) is 0. The van der Waals surface area contributed by atoms with E-state index in [4.69, 9.17) is 4.74 Å². The zero-order valence-corrected chi connectivity index (χ0v) is 12.7. The van der Waals surface area contributed by atoms with Gasteiger partial charge in [0.15, 0.2) is 0 Å². The summed E-state index contributed by atoms with van der Waals surface area (Å²) in [6.45, 7) is 7.37. The average molecular weight is 287 g/mol. The molecule has 2 unspecified atom stereocenters. The first-order valence-electron chi connectivity index (χ1n) is 7.39. The molecule has 5 heteroatoms. The second kappa shape index (κ2) is 5.48. The first-order chi connectivity index (χ1) is 10.0. The number of carbonyl (C=O) groups excluding carboxylic acids is 1. The maximum Gasteiger partial charge on any atom is 0.228 e. The molecule has 3 heterocycles. The number of hydrogen-bond donors (Lipinski definition) is 0. The molecule has 0 radical (unpaired) electrons. The number of ether oxygens (including phenoxy) is 1. The van der Waals surface area contributed by atoms with E-state index in [0.29, 0.717) is 19.5 Å². The van der Waals surface area contributed by atoms with Crippen LogP contribution in [0.25, 0.3) is 5.65 Å². The van der Waals surface area contributed by atoms with Gasteiger partial charge in [-0.3, -0.25) is 4.79 Å². The van der Waals surface area contributed by atoms with Crippen molar-refractivity contribution in [2.45, 2.75) is 39.4 Å². The highest BCUT2D eigenvalue weighted by Gasteiger charge is 2.26. The molecule has 2 aromatic heterocycles. The van der Waals surface area contributed by atoms with Gasteiger partial charge >= 0.3 is 0 Å². The molecule has 0 saturated carbocycles. The third-order valence-corrected chi connectivity index (χ3v) is 3.77. The molecule has 2 aromatic rings. The molecule has 1 amide bonds. The summed E-state index contributed by atoms with van der Waals surface area (Å²) in [4.78, 5) is 18.8. The van der Waals surface area contributed by atoms with Crippen molar-refractivity contribution >= 4 is 11.6 Å². The van der Waals surface area contributed by atoms with E-state index in [1.165, 1.54) is 5.56 Å². The maximum absolute atomic E-state index is 12.4. The minimum absolute atomic E-state index is 0.0985. The largest absolute Gasteiger partial charge is 0.372 e. The van der Waals surface area contributed by atoms with Crippen LogP contribution in [0, 0.1) is 6.92 Å². The van der Waals surface area contributed by atoms with E-state index in [2.05, 4.69) is 4.98 Å². The zero-order chi connectivity index (χ0) is 15.0. The predicted molar refractivity (Wildman–Crippen MR) is 80.2 cm³/mol. The Morgan fingerprint density at radius 1 is 1.38 bits per heavy atom. The fraction of sp³-hybridized carbons (Fsp3) is 0.500. The lowest BCUT2D eigenvalue weighted by Gasteiger charge is -2.35. The monoisotopic (exact) mass is 287 g/mol. The minimum atomic E-state index is 0.0985. The molecule has 0 aromatic carbocycles. The Hall–Kier alpha value is -1.88. The smallest absolute Gasteiger partial charge is 0.228 e. The summed E-state index contributed by atoms with van der Waals surface area (Å²) < 4.78 is 7.62. The Bertz CT molecular complexity index is 655. The molecule has 1 aliphatic rings. The zero-order valence-electron chi connectivity index (χ0n) is 12.7. The standard InChI is InChI=1S/C16H21N3O2/c1-11-4-5-18-10-14(17-15(18)6-11)7-16(20)19-8-12(2)21-13(3)9-19/h4-6,10,12-13H,7-9H2,1-3H3. The van der Waals surface area contributed by atoms with Gasteiger partial charge in [-0.2, -0.15) is 0 Å². The van der Waals surface area contributed by atoms with Crippen molar-refractivity contribution in [3.63, 3.8) is 0 Å². The van der Waals surface area contributed by atoms with Crippen molar-refractivity contribution in [2.75, 3.05) is 13.1 Å². The molecule has 2 atom stereocenters. The van der Waals surface area contributed by atoms with Crippen LogP contribution in [0.4, 0.5) is 0 Å². The van der Waals surface area contributed by atoms with Gasteiger partial charge < -0.3 is 14.0 Å². The summed E-state index contributed by atoms with van der Waals surface area (Å²) in [5, 5.41) is 0. The van der Waals surface area contributed by atoms with Gasteiger partial charge in [-0.25, -0.2) is 4.98 Å². The van der Waals surface area contributed by atoms with Gasteiger partial charge in [-0.1, -0.05) is 0 Å². The Morgan fingerprint density at radius 2 is 2.10 bits per heavy atom. The molecule has 1 saturated heterocycles. The molecule has 0 bridgehead atoms. The maximum atomic E-state index is 12.4. The van der Waals surface area contributed by atoms with E-state index in [-0.39, 0.29) is 18.1 Å². The summed E-state index contributed by atoms with van der Waals surface area (Å²) in [5.74, 6) is 0.122. The molecule has 21 heavy (non-hydrogen) atoms. The van der Waals surface area contributed by atoms with Crippen molar-refractivity contribution in [1.29, 1.82) is 0 Å². The molecule has 5 nitrogen and oxygen atoms in total. The Kier molecular flexibility index (Phi) is 3.68. The summed E-state index contributed by atoms with van der Waals surface area (Å²) in [6.07, 6.45) is 4.45. The first kappa shape index (κ1) is 14.1. The van der Waals surface area contributed by atoms with E-state index in [1.54, 1.807) is 0 Å². The normalized spacial score (nSPS) is 22.7. The average Bonchev–Trinajstić information content (AvgIpc) is 2.78. The first-order valence-corrected chi connectivity index (χ1v) is 7.39. The lowest BCUT2D eigenvalue weighted by atomic mass is 10.2. The van der Waals surface area contributed by atoms with Crippen LogP contribution < -0.4 is 0 Å². The highest BCUT2D eigenvalue weighted by Crippen LogP contribution is 2.13. The van der Waals surface area contributed by atoms with E-state index < -0.39 is 0 Å². The van der Waals surface area contributed by atoms with Crippen LogP contribution in [-0.2, 0) is 16.0 Å². The molecule has 0 N–H and O–H groups in total. The number of nitrogens with zero attached hydrogens (tertiary/aromatic N) is 3. The molecule has 112 valence electrons. The minimum Gasteiger partial charge on any atom is -0.372 e. The number of amides is 1. The van der Waals surface area contributed by atoms with Crippen LogP contribution in [0.2, 0.25) is 0 Å². The van der Waals surface area contributed by atoms with Gasteiger partial charge in [0, 0.05) is 25.5 Å². The van der Waals surface area contributed by atoms with E-state index >= 15 is 0 Å². The predicted octanol–water partition coefficient (Wildman–Crippen LogP) is 1.82. The van der Waals surface area contributed by atoms with E-state index in [1.807, 2.05) is 54.6 Å². The highest BCUT2D eigenvalue weighted by atomic mass is 16.5. The Morgan fingerprint density at radius 3 is 2.81 bits per heavy atom. The van der Waals surface area contributed by atoms with Crippen molar-refractivity contribution in [1.82, 2.24) is 14.3 Å². The lowest BCUT2D eigenvalue weighted by Crippen LogP contribution is -2.48. The fourth-order valence-corrected chi connectivity index (χ4v) is 2.87. The molecular weight excluding hydrogens is 266 g/mol. The molecule has 1 aliphatic heterocycles. The molecular formula is C16H21N3O2. The lowest BCUT2D eigenvalue weighted by molar-refractivity contribution is -0.142. The summed E-state index contributed by atoms with van der Waals surface area (Å²) in [5.41, 5.74) is 2.88. The number of hydrogen-bond acceptors (Lipinski definition) is 3. The number of imidazole rings is 1. The summed E-state index contributed by atoms with van der Waals surface area (Å²) in [6, 6.07) is 4.05. The van der Waals surface area contributed by atoms with Gasteiger partial charge in [0.25, 0.3) is 0 Å². The fourth-order valence-electron chi connectivity index (χ4n) is 2.87. The number of aromatic nitrogens is 2. The van der Waals surface area contributed by atoms with Crippen molar-refractivity contribution in [2.24, 2.45) is 0 Å². The number of morpholine rings is 1. The van der Waals surface area contributed by atoms with Gasteiger partial charge in [0.1, 0.15) is 5.65 Å². The summed E-state index contributed by atoms with van der Waals surface area (Å²) >= 11 is 0. The van der Waals surface area contributed by atoms with Crippen LogP contribution in [0.15, 0.2) is 24.5 Å². The second-order valence-corrected chi connectivity index (χ2v) is 5.93. The quantitative estimate of drug-likeness (QED) is 0.846. The van der Waals surface area contributed by atoms with Crippen LogP contribution >= 0.6 is 0 Å². The Balaban J connectivity index is 1.73. The molecule has 1 fully saturated rings. The Labute approximate surface area is 124 Å². The molecule has 0 spiro atoms. The van der Waals surface area contributed by atoms with E-state index in [9.17, 15) is 4.79 Å². The van der Waals surface area contributed by atoms with Gasteiger partial charge in [-0.05, 0) is 38.5 Å². The van der Waals surface area contributed by atoms with Gasteiger partial charge in [0.2, 0.25) is 5.91 Å². The van der Waals surface area contributed by atoms with Crippen LogP contribution in [0.1, 0.15) is 25.1 Å². The number of pyridine rings is 1. The molecule has 3 rings (SSSR count). The topological polar surface area (TPSA) is 46.8 Å². The van der Waals surface area contributed by atoms with Gasteiger partial charge in [0.05, 0.1) is 24.3 Å². The third kappa shape index (κ3) is 3.08. The van der Waals surface area contributed by atoms with Crippen LogP contribution in [0.3, 0.4) is 0 Å². The SMILES string of the molecule is Cc1ccn2cc(CC(=O)N3CC(C)OC(C)C3)nc2c1. The van der Waals surface area contributed by atoms with Gasteiger partial charge in [-0.15, -0.1) is 0 Å². The molecule has 0 aliphatic carbocycles. The van der Waals surface area contributed by atoms with Crippen molar-refractivity contribution in [3.05, 3.63) is 35.8 Å². The second-order valence-electron chi connectivity index (χ2n) is 5.93. The number of fused-ring (bicyclic) bond motifs is 1. The van der Waals surface area contributed by atoms with E-state index in [0.717, 1.165) is 11.3 Å². The van der Waals surface area contributed by atoms with Crippen molar-refractivity contribution < 1.29 is 9.53 Å². The number of rotatable bonds is 2. The highest BCUT2D eigenvalue weighted by molar-refractivity contribution is 5.78. The number of aryl methyl sites for hydroxylation is 1.